The standard InChI is InChI=1S/C17H17ClN2O/c1-13-7-6-8-14(11-13)19-12-16(18)17(21)20(2)15-9-4-3-5-10-15/h3-12,19H,1-2H3/b16-12-. The Balaban J connectivity index is 2.06. The van der Waals surface area contributed by atoms with Crippen molar-refractivity contribution in [3.63, 3.8) is 0 Å². The van der Waals surface area contributed by atoms with Crippen molar-refractivity contribution in [3.8, 4) is 0 Å². The molecule has 0 bridgehead atoms. The van der Waals surface area contributed by atoms with E-state index in [0.717, 1.165) is 16.9 Å². The summed E-state index contributed by atoms with van der Waals surface area (Å²) in [6.45, 7) is 2.00. The number of aryl methyl sites for hydroxylation is 1. The molecule has 0 aliphatic carbocycles. The molecule has 0 saturated carbocycles. The number of para-hydroxylation sites is 1. The maximum Gasteiger partial charge on any atom is 0.271 e. The fraction of sp³-hybridized carbons (Fsp3) is 0.118. The van der Waals surface area contributed by atoms with Crippen LogP contribution in [0.2, 0.25) is 0 Å². The smallest absolute Gasteiger partial charge is 0.271 e. The van der Waals surface area contributed by atoms with E-state index in [0.29, 0.717) is 0 Å². The van der Waals surface area contributed by atoms with Gasteiger partial charge in [0.1, 0.15) is 5.03 Å². The summed E-state index contributed by atoms with van der Waals surface area (Å²) in [6, 6.07) is 17.2. The molecule has 0 atom stereocenters. The van der Waals surface area contributed by atoms with E-state index >= 15 is 0 Å². The van der Waals surface area contributed by atoms with Gasteiger partial charge in [-0.1, -0.05) is 41.9 Å². The van der Waals surface area contributed by atoms with Crippen LogP contribution in [0, 0.1) is 6.92 Å². The molecule has 2 aromatic carbocycles. The predicted octanol–water partition coefficient (Wildman–Crippen LogP) is 4.15. The van der Waals surface area contributed by atoms with E-state index in [4.69, 9.17) is 11.6 Å². The fourth-order valence-corrected chi connectivity index (χ4v) is 2.05. The van der Waals surface area contributed by atoms with E-state index in [1.54, 1.807) is 7.05 Å². The molecule has 0 aliphatic rings. The number of amides is 1. The molecule has 1 N–H and O–H groups in total. The summed E-state index contributed by atoms with van der Waals surface area (Å²) in [5, 5.41) is 3.16. The van der Waals surface area contributed by atoms with E-state index in [-0.39, 0.29) is 10.9 Å². The number of hydrogen-bond donors (Lipinski definition) is 1. The first kappa shape index (κ1) is 15.1. The van der Waals surface area contributed by atoms with Crippen LogP contribution in [0.5, 0.6) is 0 Å². The number of likely N-dealkylation sites (N-methyl/N-ethyl adjacent to an activating group) is 1. The van der Waals surface area contributed by atoms with Crippen LogP contribution in [0.1, 0.15) is 5.56 Å². The molecular formula is C17H17ClN2O. The monoisotopic (exact) mass is 300 g/mol. The highest BCUT2D eigenvalue weighted by atomic mass is 35.5. The first-order valence-corrected chi connectivity index (χ1v) is 6.97. The van der Waals surface area contributed by atoms with Crippen LogP contribution in [0.3, 0.4) is 0 Å². The number of carbonyl (C=O) groups is 1. The van der Waals surface area contributed by atoms with Gasteiger partial charge in [0.25, 0.3) is 5.91 Å². The molecule has 3 nitrogen and oxygen atoms in total. The Bertz CT molecular complexity index is 653. The van der Waals surface area contributed by atoms with Crippen molar-refractivity contribution in [3.05, 3.63) is 71.4 Å². The normalized spacial score (nSPS) is 11.1. The lowest BCUT2D eigenvalue weighted by molar-refractivity contribution is -0.114. The van der Waals surface area contributed by atoms with Gasteiger partial charge in [0.15, 0.2) is 0 Å². The minimum Gasteiger partial charge on any atom is -0.360 e. The van der Waals surface area contributed by atoms with Gasteiger partial charge >= 0.3 is 0 Å². The average Bonchev–Trinajstić information content (AvgIpc) is 2.52. The van der Waals surface area contributed by atoms with E-state index < -0.39 is 0 Å². The zero-order chi connectivity index (χ0) is 15.2. The minimum atomic E-state index is -0.261. The molecule has 0 fully saturated rings. The molecule has 2 aromatic rings. The molecule has 4 heteroatoms. The van der Waals surface area contributed by atoms with Crippen molar-refractivity contribution in [2.24, 2.45) is 0 Å². The second-order valence-electron chi connectivity index (χ2n) is 4.71. The molecule has 1 amide bonds. The highest BCUT2D eigenvalue weighted by molar-refractivity contribution is 6.44. The quantitative estimate of drug-likeness (QED) is 0.860. The number of carbonyl (C=O) groups excluding carboxylic acids is 1. The van der Waals surface area contributed by atoms with Gasteiger partial charge in [0.05, 0.1) is 0 Å². The largest absolute Gasteiger partial charge is 0.360 e. The maximum absolute atomic E-state index is 12.2. The van der Waals surface area contributed by atoms with Gasteiger partial charge in [0, 0.05) is 24.6 Å². The molecule has 108 valence electrons. The van der Waals surface area contributed by atoms with Gasteiger partial charge in [-0.2, -0.15) is 0 Å². The van der Waals surface area contributed by atoms with E-state index in [1.807, 2.05) is 61.5 Å². The van der Waals surface area contributed by atoms with Crippen LogP contribution in [-0.2, 0) is 4.79 Å². The van der Waals surface area contributed by atoms with Crippen LogP contribution >= 0.6 is 11.6 Å². The van der Waals surface area contributed by atoms with E-state index in [2.05, 4.69) is 5.32 Å². The van der Waals surface area contributed by atoms with Crippen LogP contribution in [0.25, 0.3) is 0 Å². The number of nitrogens with one attached hydrogen (secondary N) is 1. The lowest BCUT2D eigenvalue weighted by Crippen LogP contribution is -2.26. The van der Waals surface area contributed by atoms with Crippen LogP contribution in [0.4, 0.5) is 11.4 Å². The molecule has 0 aromatic heterocycles. The first-order valence-electron chi connectivity index (χ1n) is 6.60. The summed E-state index contributed by atoms with van der Waals surface area (Å²) < 4.78 is 0. The molecule has 0 aliphatic heterocycles. The van der Waals surface area contributed by atoms with Crippen molar-refractivity contribution in [1.29, 1.82) is 0 Å². The van der Waals surface area contributed by atoms with E-state index in [9.17, 15) is 4.79 Å². The third kappa shape index (κ3) is 4.10. The average molecular weight is 301 g/mol. The Hall–Kier alpha value is -2.26. The SMILES string of the molecule is Cc1cccc(N/C=C(\Cl)C(=O)N(C)c2ccccc2)c1. The molecular weight excluding hydrogens is 284 g/mol. The van der Waals surface area contributed by atoms with Gasteiger partial charge in [-0.25, -0.2) is 0 Å². The van der Waals surface area contributed by atoms with Crippen molar-refractivity contribution in [1.82, 2.24) is 0 Å². The number of benzene rings is 2. The minimum absolute atomic E-state index is 0.128. The Morgan fingerprint density at radius 1 is 1.14 bits per heavy atom. The second kappa shape index (κ2) is 6.95. The summed E-state index contributed by atoms with van der Waals surface area (Å²) in [7, 11) is 1.69. The molecule has 0 radical (unpaired) electrons. The lowest BCUT2D eigenvalue weighted by Gasteiger charge is -2.16. The van der Waals surface area contributed by atoms with Crippen molar-refractivity contribution in [2.45, 2.75) is 6.92 Å². The van der Waals surface area contributed by atoms with Crippen molar-refractivity contribution in [2.75, 3.05) is 17.3 Å². The fourth-order valence-electron chi connectivity index (χ4n) is 1.87. The Morgan fingerprint density at radius 3 is 2.52 bits per heavy atom. The van der Waals surface area contributed by atoms with E-state index in [1.165, 1.54) is 11.1 Å². The van der Waals surface area contributed by atoms with Gasteiger partial charge in [-0.3, -0.25) is 4.79 Å². The van der Waals surface area contributed by atoms with Crippen LogP contribution in [0.15, 0.2) is 65.8 Å². The molecule has 21 heavy (non-hydrogen) atoms. The van der Waals surface area contributed by atoms with Crippen molar-refractivity contribution >= 4 is 28.9 Å². The maximum atomic E-state index is 12.2. The third-order valence-corrected chi connectivity index (χ3v) is 3.31. The second-order valence-corrected chi connectivity index (χ2v) is 5.11. The van der Waals surface area contributed by atoms with Gasteiger partial charge < -0.3 is 10.2 Å². The van der Waals surface area contributed by atoms with Gasteiger partial charge in [0.2, 0.25) is 0 Å². The summed E-state index contributed by atoms with van der Waals surface area (Å²) in [6.07, 6.45) is 1.51. The van der Waals surface area contributed by atoms with Gasteiger partial charge in [-0.15, -0.1) is 0 Å². The number of anilines is 2. The molecule has 2 rings (SSSR count). The molecule has 0 unspecified atom stereocenters. The Kier molecular flexibility index (Phi) is 5.01. The summed E-state index contributed by atoms with van der Waals surface area (Å²) in [5.41, 5.74) is 2.82. The van der Waals surface area contributed by atoms with Crippen LogP contribution in [-0.4, -0.2) is 13.0 Å². The molecule has 0 spiro atoms. The first-order chi connectivity index (χ1) is 10.1. The number of nitrogens with zero attached hydrogens (tertiary/aromatic N) is 1. The summed E-state index contributed by atoms with van der Waals surface area (Å²) in [5.74, 6) is -0.261. The molecule has 0 heterocycles. The van der Waals surface area contributed by atoms with Gasteiger partial charge in [-0.05, 0) is 36.8 Å². The van der Waals surface area contributed by atoms with Crippen LogP contribution < -0.4 is 10.2 Å². The summed E-state index contributed by atoms with van der Waals surface area (Å²) >= 11 is 6.07. The highest BCUT2D eigenvalue weighted by Crippen LogP contribution is 2.16. The predicted molar refractivity (Wildman–Crippen MR) is 88.6 cm³/mol. The zero-order valence-electron chi connectivity index (χ0n) is 12.0. The topological polar surface area (TPSA) is 32.3 Å². The number of hydrogen-bond acceptors (Lipinski definition) is 2. The Morgan fingerprint density at radius 2 is 1.86 bits per heavy atom. The van der Waals surface area contributed by atoms with Crippen molar-refractivity contribution < 1.29 is 4.79 Å². The zero-order valence-corrected chi connectivity index (χ0v) is 12.8. The summed E-state index contributed by atoms with van der Waals surface area (Å²) in [4.78, 5) is 13.7. The third-order valence-electron chi connectivity index (χ3n) is 3.04. The number of halogens is 1. The Labute approximate surface area is 129 Å². The lowest BCUT2D eigenvalue weighted by atomic mass is 10.2. The number of rotatable bonds is 4. The highest BCUT2D eigenvalue weighted by Gasteiger charge is 2.14. The molecule has 0 saturated heterocycles.